The van der Waals surface area contributed by atoms with Crippen LogP contribution in [0.3, 0.4) is 0 Å². The quantitative estimate of drug-likeness (QED) is 0.457. The number of nitrogens with one attached hydrogen (secondary N) is 1. The van der Waals surface area contributed by atoms with Crippen molar-refractivity contribution >= 4 is 10.8 Å². The van der Waals surface area contributed by atoms with Crippen LogP contribution in [0.4, 0.5) is 0 Å². The van der Waals surface area contributed by atoms with E-state index in [0.717, 1.165) is 27.6 Å². The molecule has 0 fully saturated rings. The summed E-state index contributed by atoms with van der Waals surface area (Å²) in [5.74, 6) is 1.14. The molecule has 2 heterocycles. The maximum absolute atomic E-state index is 10.1. The molecular formula is C26H22N4O4. The first-order valence-electron chi connectivity index (χ1n) is 10.5. The van der Waals surface area contributed by atoms with Crippen LogP contribution < -0.4 is 24.7 Å². The number of nitrogens with zero attached hydrogens (tertiary/aromatic N) is 2. The molecule has 0 bridgehead atoms. The average molecular weight is 454 g/mol. The molecule has 8 heteroatoms. The minimum atomic E-state index is -0.574. The summed E-state index contributed by atoms with van der Waals surface area (Å²) >= 11 is 0. The third-order valence-corrected chi connectivity index (χ3v) is 6.02. The van der Waals surface area contributed by atoms with Crippen molar-refractivity contribution in [3.8, 4) is 40.5 Å². The summed E-state index contributed by atoms with van der Waals surface area (Å²) in [7, 11) is 4.64. The van der Waals surface area contributed by atoms with Crippen LogP contribution in [0.1, 0.15) is 17.0 Å². The summed E-state index contributed by atoms with van der Waals surface area (Å²) in [6.45, 7) is 0. The minimum Gasteiger partial charge on any atom is -0.493 e. The Morgan fingerprint density at radius 3 is 2.38 bits per heavy atom. The van der Waals surface area contributed by atoms with Crippen molar-refractivity contribution < 1.29 is 18.9 Å². The van der Waals surface area contributed by atoms with Gasteiger partial charge in [0.2, 0.25) is 17.5 Å². The van der Waals surface area contributed by atoms with Crippen molar-refractivity contribution in [3.63, 3.8) is 0 Å². The third-order valence-electron chi connectivity index (χ3n) is 6.02. The molecule has 0 aliphatic carbocycles. The summed E-state index contributed by atoms with van der Waals surface area (Å²) in [6, 6.07) is 20.0. The number of H-pyrrole nitrogens is 1. The molecule has 1 aromatic heterocycles. The van der Waals surface area contributed by atoms with Gasteiger partial charge in [0, 0.05) is 5.56 Å². The molecule has 34 heavy (non-hydrogen) atoms. The van der Waals surface area contributed by atoms with Gasteiger partial charge >= 0.3 is 0 Å². The van der Waals surface area contributed by atoms with E-state index in [9.17, 15) is 5.26 Å². The van der Waals surface area contributed by atoms with Gasteiger partial charge in [0.1, 0.15) is 11.6 Å². The lowest BCUT2D eigenvalue weighted by atomic mass is 9.82. The van der Waals surface area contributed by atoms with E-state index in [1.165, 1.54) is 0 Å². The van der Waals surface area contributed by atoms with Crippen LogP contribution in [0.5, 0.6) is 23.1 Å². The largest absolute Gasteiger partial charge is 0.493 e. The van der Waals surface area contributed by atoms with Crippen LogP contribution in [0, 0.1) is 11.3 Å². The molecule has 1 aliphatic rings. The lowest BCUT2D eigenvalue weighted by molar-refractivity contribution is 0.323. The van der Waals surface area contributed by atoms with Crippen molar-refractivity contribution in [2.45, 2.75) is 5.92 Å². The maximum atomic E-state index is 10.1. The lowest BCUT2D eigenvalue weighted by Gasteiger charge is -2.25. The summed E-state index contributed by atoms with van der Waals surface area (Å²) in [5, 5.41) is 19.7. The van der Waals surface area contributed by atoms with Crippen LogP contribution in [0.2, 0.25) is 0 Å². The number of aromatic amines is 1. The van der Waals surface area contributed by atoms with Crippen molar-refractivity contribution in [2.24, 2.45) is 5.73 Å². The zero-order valence-corrected chi connectivity index (χ0v) is 18.9. The van der Waals surface area contributed by atoms with Crippen LogP contribution >= 0.6 is 0 Å². The van der Waals surface area contributed by atoms with Gasteiger partial charge in [-0.05, 0) is 28.5 Å². The highest BCUT2D eigenvalue weighted by atomic mass is 16.5. The van der Waals surface area contributed by atoms with E-state index < -0.39 is 5.92 Å². The number of hydrogen-bond donors (Lipinski definition) is 2. The molecule has 1 atom stereocenters. The van der Waals surface area contributed by atoms with E-state index >= 15 is 0 Å². The number of aromatic nitrogens is 2. The second-order valence-corrected chi connectivity index (χ2v) is 7.73. The number of ether oxygens (including phenoxy) is 4. The monoisotopic (exact) mass is 454 g/mol. The first kappa shape index (κ1) is 21.2. The van der Waals surface area contributed by atoms with E-state index in [0.29, 0.717) is 28.7 Å². The zero-order chi connectivity index (χ0) is 23.8. The summed E-state index contributed by atoms with van der Waals surface area (Å²) in [6.07, 6.45) is 0. The van der Waals surface area contributed by atoms with Gasteiger partial charge in [-0.15, -0.1) is 5.10 Å². The molecule has 1 unspecified atom stereocenters. The molecule has 4 aromatic rings. The number of methoxy groups -OCH3 is 3. The van der Waals surface area contributed by atoms with E-state index in [1.807, 2.05) is 54.6 Å². The van der Waals surface area contributed by atoms with Gasteiger partial charge in [-0.2, -0.15) is 5.26 Å². The highest BCUT2D eigenvalue weighted by Crippen LogP contribution is 2.49. The third kappa shape index (κ3) is 3.18. The van der Waals surface area contributed by atoms with Gasteiger partial charge in [0.05, 0.1) is 38.5 Å². The van der Waals surface area contributed by atoms with Crippen molar-refractivity contribution in [2.75, 3.05) is 21.3 Å². The number of rotatable bonds is 5. The molecule has 0 saturated heterocycles. The van der Waals surface area contributed by atoms with Crippen LogP contribution in [-0.2, 0) is 0 Å². The van der Waals surface area contributed by atoms with Crippen LogP contribution in [-0.4, -0.2) is 31.5 Å². The van der Waals surface area contributed by atoms with Gasteiger partial charge in [-0.1, -0.05) is 42.5 Å². The highest BCUT2D eigenvalue weighted by Gasteiger charge is 2.37. The Hall–Kier alpha value is -4.64. The Morgan fingerprint density at radius 1 is 1.00 bits per heavy atom. The molecule has 1 aliphatic heterocycles. The van der Waals surface area contributed by atoms with Crippen molar-refractivity contribution in [1.29, 1.82) is 5.26 Å². The molecule has 0 amide bonds. The van der Waals surface area contributed by atoms with Gasteiger partial charge < -0.3 is 24.7 Å². The average Bonchev–Trinajstić information content (AvgIpc) is 3.29. The zero-order valence-electron chi connectivity index (χ0n) is 18.9. The number of nitrogens with two attached hydrogens (primary N) is 1. The minimum absolute atomic E-state index is 0.00437. The molecule has 3 N–H and O–H groups in total. The molecule has 0 spiro atoms. The predicted molar refractivity (Wildman–Crippen MR) is 127 cm³/mol. The molecule has 8 nitrogen and oxygen atoms in total. The van der Waals surface area contributed by atoms with Gasteiger partial charge in [-0.3, -0.25) is 5.10 Å². The Morgan fingerprint density at radius 2 is 1.71 bits per heavy atom. The fraction of sp³-hybridized carbons (Fsp3) is 0.154. The van der Waals surface area contributed by atoms with Gasteiger partial charge in [0.25, 0.3) is 0 Å². The predicted octanol–water partition coefficient (Wildman–Crippen LogP) is 4.47. The summed E-state index contributed by atoms with van der Waals surface area (Å²) in [4.78, 5) is 0. The number of fused-ring (bicyclic) bond motifs is 2. The van der Waals surface area contributed by atoms with Gasteiger partial charge in [-0.25, -0.2) is 0 Å². The highest BCUT2D eigenvalue weighted by molar-refractivity contribution is 5.97. The van der Waals surface area contributed by atoms with E-state index in [4.69, 9.17) is 24.7 Å². The first-order valence-corrected chi connectivity index (χ1v) is 10.5. The summed E-state index contributed by atoms with van der Waals surface area (Å²) < 4.78 is 22.4. The summed E-state index contributed by atoms with van der Waals surface area (Å²) in [5.41, 5.74) is 9.54. The van der Waals surface area contributed by atoms with Crippen molar-refractivity contribution in [1.82, 2.24) is 10.2 Å². The van der Waals surface area contributed by atoms with E-state index in [2.05, 4.69) is 16.3 Å². The normalized spacial score (nSPS) is 14.8. The Kier molecular flexibility index (Phi) is 5.22. The number of hydrogen-bond acceptors (Lipinski definition) is 7. The Bertz CT molecular complexity index is 1450. The smallest absolute Gasteiger partial charge is 0.244 e. The van der Waals surface area contributed by atoms with E-state index in [-0.39, 0.29) is 11.5 Å². The number of benzene rings is 3. The SMILES string of the molecule is COc1cc(C2C(C#N)=C(N)Oc3n[nH]c(-c4cccc5ccccc45)c32)cc(OC)c1OC. The standard InChI is InChI=1S/C26H22N4O4/c1-31-19-11-15(12-20(32-2)24(19)33-3)21-18(13-27)25(28)34-26-22(21)23(29-30-26)17-10-6-8-14-7-4-5-9-16(14)17/h4-12,21H,28H2,1-3H3,(H,29,30). The molecule has 0 saturated carbocycles. The second kappa shape index (κ2) is 8.37. The van der Waals surface area contributed by atoms with Crippen LogP contribution in [0.25, 0.3) is 22.0 Å². The lowest BCUT2D eigenvalue weighted by Crippen LogP contribution is -2.21. The first-order chi connectivity index (χ1) is 16.6. The molecular weight excluding hydrogens is 432 g/mol. The molecule has 5 rings (SSSR count). The molecule has 170 valence electrons. The molecule has 0 radical (unpaired) electrons. The fourth-order valence-corrected chi connectivity index (χ4v) is 4.50. The number of allylic oxidation sites excluding steroid dienone is 1. The van der Waals surface area contributed by atoms with Gasteiger partial charge in [0.15, 0.2) is 11.5 Å². The Labute approximate surface area is 196 Å². The number of nitriles is 1. The molecule has 3 aromatic carbocycles. The van der Waals surface area contributed by atoms with E-state index in [1.54, 1.807) is 21.3 Å². The second-order valence-electron chi connectivity index (χ2n) is 7.73. The fourth-order valence-electron chi connectivity index (χ4n) is 4.50. The Balaban J connectivity index is 1.79. The maximum Gasteiger partial charge on any atom is 0.244 e. The van der Waals surface area contributed by atoms with Crippen molar-refractivity contribution in [3.05, 3.63) is 77.2 Å². The topological polar surface area (TPSA) is 115 Å². The van der Waals surface area contributed by atoms with Crippen LogP contribution in [0.15, 0.2) is 66.1 Å².